The molecule has 4 nitrogen and oxygen atoms in total. The Hall–Kier alpha value is -0.515. The van der Waals surface area contributed by atoms with Crippen LogP contribution in [0, 0.1) is 0 Å². The predicted octanol–water partition coefficient (Wildman–Crippen LogP) is -1.48. The van der Waals surface area contributed by atoms with Gasteiger partial charge in [-0.25, -0.2) is 0 Å². The number of aryl methyl sites for hydroxylation is 1. The molecule has 6 heteroatoms. The van der Waals surface area contributed by atoms with Crippen LogP contribution in [0.1, 0.15) is 0 Å². The van der Waals surface area contributed by atoms with Crippen LogP contribution in [0.4, 0.5) is 0 Å². The zero-order valence-corrected chi connectivity index (χ0v) is 6.25. The fourth-order valence-electron chi connectivity index (χ4n) is 0.573. The van der Waals surface area contributed by atoms with E-state index in [1.165, 1.54) is 10.9 Å². The minimum Gasteiger partial charge on any atom is -0.423 e. The molecule has 0 amide bonds. The summed E-state index contributed by atoms with van der Waals surface area (Å²) in [5, 5.41) is 20.8. The quantitative estimate of drug-likeness (QED) is 0.495. The number of hydrogen-bond acceptors (Lipinski definition) is 3. The fraction of sp³-hybridized carbons (Fsp3) is 0.250. The lowest BCUT2D eigenvalue weighted by atomic mass is 9.83. The van der Waals surface area contributed by atoms with Gasteiger partial charge in [-0.05, 0) is 0 Å². The van der Waals surface area contributed by atoms with Crippen molar-refractivity contribution in [1.82, 2.24) is 9.78 Å². The average molecular weight is 162 g/mol. The van der Waals surface area contributed by atoms with E-state index < -0.39 is 7.12 Å². The third kappa shape index (κ3) is 2.02. The molecule has 0 aliphatic rings. The lowest BCUT2D eigenvalue weighted by molar-refractivity contribution is 0.425. The third-order valence-electron chi connectivity index (χ3n) is 1.02. The van der Waals surface area contributed by atoms with Crippen LogP contribution in [0.2, 0.25) is 0 Å². The Bertz CT molecular complexity index is 203. The molecular weight excluding hydrogens is 154 g/mol. The molecule has 0 atom stereocenters. The van der Waals surface area contributed by atoms with Crippen molar-refractivity contribution in [2.45, 2.75) is 0 Å². The summed E-state index contributed by atoms with van der Waals surface area (Å²) < 4.78 is 1.51. The molecule has 1 rings (SSSR count). The summed E-state index contributed by atoms with van der Waals surface area (Å²) in [5.74, 6) is 0. The number of halogens is 1. The predicted molar refractivity (Wildman–Crippen MR) is 40.3 cm³/mol. The minimum atomic E-state index is -1.40. The van der Waals surface area contributed by atoms with Crippen LogP contribution in [0.3, 0.4) is 0 Å². The Morgan fingerprint density at radius 3 is 2.40 bits per heavy atom. The first-order chi connectivity index (χ1) is 4.20. The molecule has 0 aliphatic heterocycles. The second-order valence-corrected chi connectivity index (χ2v) is 1.82. The average Bonchev–Trinajstić information content (AvgIpc) is 2.14. The van der Waals surface area contributed by atoms with Crippen molar-refractivity contribution in [2.75, 3.05) is 0 Å². The highest BCUT2D eigenvalue weighted by Gasteiger charge is 2.11. The summed E-state index contributed by atoms with van der Waals surface area (Å²) >= 11 is 0. The van der Waals surface area contributed by atoms with E-state index in [1.807, 2.05) is 0 Å². The van der Waals surface area contributed by atoms with Crippen molar-refractivity contribution in [1.29, 1.82) is 0 Å². The minimum absolute atomic E-state index is 0. The summed E-state index contributed by atoms with van der Waals surface area (Å²) in [4.78, 5) is 0. The highest BCUT2D eigenvalue weighted by atomic mass is 35.5. The smallest absolute Gasteiger partial charge is 0.423 e. The van der Waals surface area contributed by atoms with Gasteiger partial charge in [-0.15, -0.1) is 12.4 Å². The summed E-state index contributed by atoms with van der Waals surface area (Å²) in [6.45, 7) is 0. The van der Waals surface area contributed by atoms with Gasteiger partial charge in [0.2, 0.25) is 0 Å². The number of rotatable bonds is 1. The van der Waals surface area contributed by atoms with Crippen molar-refractivity contribution in [3.05, 3.63) is 12.4 Å². The molecule has 0 fully saturated rings. The SMILES string of the molecule is Cl.Cn1cc(B(O)O)cn1. The molecule has 2 N–H and O–H groups in total. The van der Waals surface area contributed by atoms with Gasteiger partial charge in [0, 0.05) is 24.9 Å². The van der Waals surface area contributed by atoms with Crippen LogP contribution >= 0.6 is 12.4 Å². The Balaban J connectivity index is 0.000000810. The molecule has 0 aliphatic carbocycles. The van der Waals surface area contributed by atoms with Crippen molar-refractivity contribution in [3.63, 3.8) is 0 Å². The van der Waals surface area contributed by atoms with Gasteiger partial charge in [-0.1, -0.05) is 0 Å². The number of hydrogen-bond donors (Lipinski definition) is 2. The van der Waals surface area contributed by atoms with Gasteiger partial charge in [-0.2, -0.15) is 5.10 Å². The van der Waals surface area contributed by atoms with E-state index in [2.05, 4.69) is 5.10 Å². The summed E-state index contributed by atoms with van der Waals surface area (Å²) in [5.41, 5.74) is 0.414. The standard InChI is InChI=1S/C4H7BN2O2.ClH/c1-7-3-4(2-6-7)5(8)9;/h2-3,8-9H,1H3;1H. The van der Waals surface area contributed by atoms with E-state index in [4.69, 9.17) is 10.0 Å². The van der Waals surface area contributed by atoms with E-state index in [0.717, 1.165) is 0 Å². The Kier molecular flexibility index (Phi) is 3.42. The van der Waals surface area contributed by atoms with Gasteiger partial charge in [0.05, 0.1) is 0 Å². The van der Waals surface area contributed by atoms with Crippen molar-refractivity contribution >= 4 is 25.0 Å². The van der Waals surface area contributed by atoms with Crippen LogP contribution in [-0.2, 0) is 7.05 Å². The van der Waals surface area contributed by atoms with Crippen LogP contribution in [0.25, 0.3) is 0 Å². The lowest BCUT2D eigenvalue weighted by Crippen LogP contribution is -2.28. The third-order valence-corrected chi connectivity index (χ3v) is 1.02. The van der Waals surface area contributed by atoms with Crippen molar-refractivity contribution in [2.24, 2.45) is 7.05 Å². The number of aromatic nitrogens is 2. The van der Waals surface area contributed by atoms with Crippen LogP contribution in [-0.4, -0.2) is 26.9 Å². The Morgan fingerprint density at radius 1 is 1.60 bits per heavy atom. The second kappa shape index (κ2) is 3.60. The van der Waals surface area contributed by atoms with Crippen LogP contribution < -0.4 is 5.46 Å². The molecule has 0 unspecified atom stereocenters. The summed E-state index contributed by atoms with van der Waals surface area (Å²) in [6, 6.07) is 0. The molecule has 0 aromatic carbocycles. The monoisotopic (exact) mass is 162 g/mol. The van der Waals surface area contributed by atoms with Gasteiger partial charge in [0.1, 0.15) is 0 Å². The van der Waals surface area contributed by atoms with Gasteiger partial charge in [-0.3, -0.25) is 4.68 Å². The first kappa shape index (κ1) is 9.48. The van der Waals surface area contributed by atoms with E-state index in [1.54, 1.807) is 13.2 Å². The second-order valence-electron chi connectivity index (χ2n) is 1.82. The molecule has 0 bridgehead atoms. The molecule has 0 saturated carbocycles. The molecule has 0 radical (unpaired) electrons. The van der Waals surface area contributed by atoms with Crippen molar-refractivity contribution in [3.8, 4) is 0 Å². The normalized spacial score (nSPS) is 8.70. The maximum Gasteiger partial charge on any atom is 0.491 e. The molecule has 0 saturated heterocycles. The first-order valence-corrected chi connectivity index (χ1v) is 2.55. The molecule has 56 valence electrons. The van der Waals surface area contributed by atoms with Crippen molar-refractivity contribution < 1.29 is 10.0 Å². The fourth-order valence-corrected chi connectivity index (χ4v) is 0.573. The maximum absolute atomic E-state index is 8.54. The highest BCUT2D eigenvalue weighted by molar-refractivity contribution is 6.58. The van der Waals surface area contributed by atoms with Gasteiger partial charge in [0.25, 0.3) is 0 Å². The zero-order chi connectivity index (χ0) is 6.85. The number of nitrogens with zero attached hydrogens (tertiary/aromatic N) is 2. The molecule has 1 heterocycles. The molecular formula is C4H8BClN2O2. The lowest BCUT2D eigenvalue weighted by Gasteiger charge is -1.87. The topological polar surface area (TPSA) is 58.3 Å². The largest absolute Gasteiger partial charge is 0.491 e. The van der Waals surface area contributed by atoms with Crippen LogP contribution in [0.5, 0.6) is 0 Å². The van der Waals surface area contributed by atoms with E-state index in [0.29, 0.717) is 5.46 Å². The summed E-state index contributed by atoms with van der Waals surface area (Å²) in [7, 11) is 0.310. The van der Waals surface area contributed by atoms with Gasteiger partial charge < -0.3 is 10.0 Å². The maximum atomic E-state index is 8.54. The zero-order valence-electron chi connectivity index (χ0n) is 5.43. The molecule has 10 heavy (non-hydrogen) atoms. The van der Waals surface area contributed by atoms with Gasteiger partial charge >= 0.3 is 7.12 Å². The Morgan fingerprint density at radius 2 is 2.20 bits per heavy atom. The van der Waals surface area contributed by atoms with E-state index in [9.17, 15) is 0 Å². The molecule has 1 aromatic rings. The summed E-state index contributed by atoms with van der Waals surface area (Å²) in [6.07, 6.45) is 2.95. The molecule has 1 aromatic heterocycles. The van der Waals surface area contributed by atoms with Gasteiger partial charge in [0.15, 0.2) is 0 Å². The first-order valence-electron chi connectivity index (χ1n) is 2.55. The molecule has 0 spiro atoms. The van der Waals surface area contributed by atoms with Crippen LogP contribution in [0.15, 0.2) is 12.4 Å². The van der Waals surface area contributed by atoms with E-state index >= 15 is 0 Å². The Labute approximate surface area is 65.0 Å². The highest BCUT2D eigenvalue weighted by Crippen LogP contribution is 1.77. The van der Waals surface area contributed by atoms with E-state index in [-0.39, 0.29) is 12.4 Å².